The molecule has 1 aromatic carbocycles. The van der Waals surface area contributed by atoms with Crippen LogP contribution in [0.25, 0.3) is 0 Å². The van der Waals surface area contributed by atoms with Gasteiger partial charge in [-0.15, -0.1) is 12.4 Å². The van der Waals surface area contributed by atoms with Gasteiger partial charge < -0.3 is 16.0 Å². The zero-order valence-electron chi connectivity index (χ0n) is 13.8. The minimum Gasteiger partial charge on any atom is -0.353 e. The molecular weight excluding hydrogens is 326 g/mol. The van der Waals surface area contributed by atoms with Crippen LogP contribution >= 0.6 is 12.4 Å². The van der Waals surface area contributed by atoms with E-state index in [2.05, 4.69) is 16.0 Å². The monoisotopic (exact) mass is 351 g/mol. The molecule has 24 heavy (non-hydrogen) atoms. The summed E-state index contributed by atoms with van der Waals surface area (Å²) in [6.07, 6.45) is 5.35. The second-order valence-electron chi connectivity index (χ2n) is 6.66. The number of piperidine rings is 1. The van der Waals surface area contributed by atoms with Crippen LogP contribution in [0.1, 0.15) is 37.7 Å². The number of nitrogens with one attached hydrogen (secondary N) is 3. The zero-order chi connectivity index (χ0) is 16.1. The van der Waals surface area contributed by atoms with Crippen molar-refractivity contribution in [2.24, 2.45) is 5.92 Å². The molecule has 132 valence electrons. The minimum absolute atomic E-state index is 0. The first-order chi connectivity index (χ1) is 11.2. The minimum atomic E-state index is 0. The van der Waals surface area contributed by atoms with Gasteiger partial charge >= 0.3 is 0 Å². The molecule has 2 aliphatic rings. The molecule has 0 spiro atoms. The molecule has 0 unspecified atom stereocenters. The number of rotatable bonds is 6. The predicted octanol–water partition coefficient (Wildman–Crippen LogP) is 2.26. The third kappa shape index (κ3) is 6.13. The van der Waals surface area contributed by atoms with Gasteiger partial charge in [0.15, 0.2) is 0 Å². The van der Waals surface area contributed by atoms with Crippen LogP contribution in [0, 0.1) is 5.92 Å². The molecule has 1 heterocycles. The zero-order valence-corrected chi connectivity index (χ0v) is 14.7. The summed E-state index contributed by atoms with van der Waals surface area (Å²) in [6, 6.07) is 7.97. The van der Waals surface area contributed by atoms with E-state index in [-0.39, 0.29) is 24.2 Å². The van der Waals surface area contributed by atoms with Gasteiger partial charge in [0, 0.05) is 18.2 Å². The van der Waals surface area contributed by atoms with E-state index in [1.165, 1.54) is 0 Å². The highest BCUT2D eigenvalue weighted by Gasteiger charge is 2.23. The molecule has 3 N–H and O–H groups in total. The Balaban J connectivity index is 0.00000208. The molecule has 1 aliphatic heterocycles. The van der Waals surface area contributed by atoms with Crippen molar-refractivity contribution in [2.45, 2.75) is 44.6 Å². The number of anilines is 1. The summed E-state index contributed by atoms with van der Waals surface area (Å²) in [7, 11) is 0. The van der Waals surface area contributed by atoms with Crippen LogP contribution < -0.4 is 16.0 Å². The van der Waals surface area contributed by atoms with Crippen LogP contribution in [-0.2, 0) is 16.0 Å². The topological polar surface area (TPSA) is 70.2 Å². The number of carbonyl (C=O) groups excluding carboxylic acids is 2. The van der Waals surface area contributed by atoms with Crippen molar-refractivity contribution >= 4 is 29.9 Å². The van der Waals surface area contributed by atoms with E-state index >= 15 is 0 Å². The Morgan fingerprint density at radius 1 is 1.00 bits per heavy atom. The number of halogens is 1. The third-order valence-corrected chi connectivity index (χ3v) is 4.48. The van der Waals surface area contributed by atoms with Crippen molar-refractivity contribution in [2.75, 3.05) is 18.4 Å². The summed E-state index contributed by atoms with van der Waals surface area (Å²) in [6.45, 7) is 2.02. The first-order valence-electron chi connectivity index (χ1n) is 8.58. The molecule has 1 aliphatic carbocycles. The van der Waals surface area contributed by atoms with Crippen molar-refractivity contribution in [3.8, 4) is 0 Å². The number of benzene rings is 1. The molecular formula is C18H26ClN3O2. The quantitative estimate of drug-likeness (QED) is 0.736. The van der Waals surface area contributed by atoms with E-state index in [1.807, 2.05) is 24.3 Å². The van der Waals surface area contributed by atoms with Gasteiger partial charge in [-0.3, -0.25) is 9.59 Å². The second kappa shape index (κ2) is 9.04. The lowest BCUT2D eigenvalue weighted by atomic mass is 9.94. The Bertz CT molecular complexity index is 552. The Morgan fingerprint density at radius 3 is 2.29 bits per heavy atom. The predicted molar refractivity (Wildman–Crippen MR) is 97.4 cm³/mol. The fraction of sp³-hybridized carbons (Fsp3) is 0.556. The maximum Gasteiger partial charge on any atom is 0.224 e. The van der Waals surface area contributed by atoms with Crippen molar-refractivity contribution in [1.82, 2.24) is 10.6 Å². The maximum atomic E-state index is 12.1. The summed E-state index contributed by atoms with van der Waals surface area (Å²) in [5, 5.41) is 9.24. The molecule has 0 atom stereocenters. The molecule has 0 radical (unpaired) electrons. The molecule has 6 heteroatoms. The van der Waals surface area contributed by atoms with Crippen LogP contribution in [0.4, 0.5) is 5.69 Å². The molecule has 2 fully saturated rings. The Hall–Kier alpha value is -1.59. The van der Waals surface area contributed by atoms with Crippen LogP contribution in [0.15, 0.2) is 24.3 Å². The van der Waals surface area contributed by atoms with E-state index in [0.717, 1.165) is 50.0 Å². The van der Waals surface area contributed by atoms with Gasteiger partial charge in [-0.2, -0.15) is 0 Å². The van der Waals surface area contributed by atoms with Crippen molar-refractivity contribution in [1.29, 1.82) is 0 Å². The molecule has 0 aromatic heterocycles. The highest BCUT2D eigenvalue weighted by atomic mass is 35.5. The van der Waals surface area contributed by atoms with Crippen LogP contribution in [0.2, 0.25) is 0 Å². The van der Waals surface area contributed by atoms with Gasteiger partial charge in [-0.25, -0.2) is 0 Å². The smallest absolute Gasteiger partial charge is 0.224 e. The average molecular weight is 352 g/mol. The molecule has 1 saturated heterocycles. The summed E-state index contributed by atoms with van der Waals surface area (Å²) in [5.74, 6) is 0.646. The average Bonchev–Trinajstić information content (AvgIpc) is 3.34. The Labute approximate surface area is 149 Å². The Morgan fingerprint density at radius 2 is 1.67 bits per heavy atom. The van der Waals surface area contributed by atoms with Gasteiger partial charge in [-0.1, -0.05) is 12.1 Å². The summed E-state index contributed by atoms with van der Waals surface area (Å²) in [4.78, 5) is 23.8. The van der Waals surface area contributed by atoms with Crippen molar-refractivity contribution < 1.29 is 9.59 Å². The van der Waals surface area contributed by atoms with Gasteiger partial charge in [0.1, 0.15) is 0 Å². The molecule has 3 rings (SSSR count). The lowest BCUT2D eigenvalue weighted by molar-refractivity contribution is -0.120. The molecule has 1 aromatic rings. The fourth-order valence-electron chi connectivity index (χ4n) is 2.96. The normalized spacial score (nSPS) is 17.7. The van der Waals surface area contributed by atoms with Gasteiger partial charge in [0.05, 0.1) is 6.42 Å². The van der Waals surface area contributed by atoms with E-state index in [4.69, 9.17) is 0 Å². The van der Waals surface area contributed by atoms with E-state index in [0.29, 0.717) is 24.8 Å². The first kappa shape index (κ1) is 18.7. The van der Waals surface area contributed by atoms with E-state index < -0.39 is 0 Å². The van der Waals surface area contributed by atoms with Crippen LogP contribution in [0.5, 0.6) is 0 Å². The SMILES string of the molecule is Cl.O=C(CC1CCNCC1)Nc1ccc(CC(=O)NC2CC2)cc1. The lowest BCUT2D eigenvalue weighted by Gasteiger charge is -2.21. The lowest BCUT2D eigenvalue weighted by Crippen LogP contribution is -2.30. The summed E-state index contributed by atoms with van der Waals surface area (Å²) >= 11 is 0. The maximum absolute atomic E-state index is 12.1. The second-order valence-corrected chi connectivity index (χ2v) is 6.66. The van der Waals surface area contributed by atoms with Crippen molar-refractivity contribution in [3.63, 3.8) is 0 Å². The number of carbonyl (C=O) groups is 2. The largest absolute Gasteiger partial charge is 0.353 e. The molecule has 5 nitrogen and oxygen atoms in total. The summed E-state index contributed by atoms with van der Waals surface area (Å²) < 4.78 is 0. The van der Waals surface area contributed by atoms with E-state index in [1.54, 1.807) is 0 Å². The van der Waals surface area contributed by atoms with Crippen LogP contribution in [-0.4, -0.2) is 30.9 Å². The third-order valence-electron chi connectivity index (χ3n) is 4.48. The van der Waals surface area contributed by atoms with Gasteiger partial charge in [0.2, 0.25) is 11.8 Å². The molecule has 0 bridgehead atoms. The number of amides is 2. The number of hydrogen-bond acceptors (Lipinski definition) is 3. The molecule has 1 saturated carbocycles. The highest BCUT2D eigenvalue weighted by molar-refractivity contribution is 5.91. The molecule has 2 amide bonds. The highest BCUT2D eigenvalue weighted by Crippen LogP contribution is 2.19. The first-order valence-corrected chi connectivity index (χ1v) is 8.58. The van der Waals surface area contributed by atoms with Crippen molar-refractivity contribution in [3.05, 3.63) is 29.8 Å². The summed E-state index contributed by atoms with van der Waals surface area (Å²) in [5.41, 5.74) is 1.77. The van der Waals surface area contributed by atoms with Gasteiger partial charge in [0.25, 0.3) is 0 Å². The van der Waals surface area contributed by atoms with E-state index in [9.17, 15) is 9.59 Å². The standard InChI is InChI=1S/C18H25N3O2.ClH/c22-17(21-16-5-6-16)11-13-1-3-15(4-2-13)20-18(23)12-14-7-9-19-10-8-14;/h1-4,14,16,19H,5-12H2,(H,20,23)(H,21,22);1H. The number of hydrogen-bond donors (Lipinski definition) is 3. The Kier molecular flexibility index (Phi) is 7.06. The fourth-order valence-corrected chi connectivity index (χ4v) is 2.96. The van der Waals surface area contributed by atoms with Gasteiger partial charge in [-0.05, 0) is 62.4 Å². The van der Waals surface area contributed by atoms with Crippen LogP contribution in [0.3, 0.4) is 0 Å².